The standard InChI is InChI=1S/C18H17N3O3/c19-11-14(18(24)21-16-3-1-2-4-17(16)23)12-20-10-9-13-5-7-15(22)8-6-13/h1-8,12,20,22-23H,9-10H2,(H,21,24)/b14-12-. The van der Waals surface area contributed by atoms with Gasteiger partial charge in [-0.3, -0.25) is 4.79 Å². The molecule has 0 fully saturated rings. The number of amides is 1. The predicted molar refractivity (Wildman–Crippen MR) is 90.2 cm³/mol. The number of anilines is 1. The number of hydrogen-bond donors (Lipinski definition) is 4. The third-order valence-electron chi connectivity index (χ3n) is 3.26. The molecule has 122 valence electrons. The number of phenolic OH excluding ortho intramolecular Hbond substituents is 2. The van der Waals surface area contributed by atoms with E-state index in [9.17, 15) is 15.0 Å². The second-order valence-electron chi connectivity index (χ2n) is 5.01. The number of carbonyl (C=O) groups excluding carboxylic acids is 1. The topological polar surface area (TPSA) is 105 Å². The van der Waals surface area contributed by atoms with E-state index in [1.54, 1.807) is 42.5 Å². The van der Waals surface area contributed by atoms with Crippen LogP contribution in [0.1, 0.15) is 5.56 Å². The van der Waals surface area contributed by atoms with Gasteiger partial charge in [-0.25, -0.2) is 0 Å². The first-order chi connectivity index (χ1) is 11.6. The van der Waals surface area contributed by atoms with E-state index in [2.05, 4.69) is 10.6 Å². The van der Waals surface area contributed by atoms with Crippen LogP contribution in [0.25, 0.3) is 0 Å². The Morgan fingerprint density at radius 2 is 1.83 bits per heavy atom. The SMILES string of the molecule is N#C/C(=C/NCCc1ccc(O)cc1)C(=O)Nc1ccccc1O. The Bertz CT molecular complexity index is 777. The van der Waals surface area contributed by atoms with Crippen molar-refractivity contribution in [3.8, 4) is 17.6 Å². The van der Waals surface area contributed by atoms with Crippen molar-refractivity contribution in [2.45, 2.75) is 6.42 Å². The second-order valence-corrected chi connectivity index (χ2v) is 5.01. The van der Waals surface area contributed by atoms with Crippen molar-refractivity contribution in [1.29, 1.82) is 5.26 Å². The lowest BCUT2D eigenvalue weighted by atomic mass is 10.1. The smallest absolute Gasteiger partial charge is 0.267 e. The number of nitrogens with zero attached hydrogens (tertiary/aromatic N) is 1. The summed E-state index contributed by atoms with van der Waals surface area (Å²) in [7, 11) is 0. The number of benzene rings is 2. The van der Waals surface area contributed by atoms with Gasteiger partial charge in [0.05, 0.1) is 5.69 Å². The van der Waals surface area contributed by atoms with Gasteiger partial charge >= 0.3 is 0 Å². The lowest BCUT2D eigenvalue weighted by molar-refractivity contribution is -0.112. The highest BCUT2D eigenvalue weighted by Gasteiger charge is 2.10. The van der Waals surface area contributed by atoms with Gasteiger partial charge in [0.2, 0.25) is 0 Å². The number of nitrogens with one attached hydrogen (secondary N) is 2. The first-order valence-corrected chi connectivity index (χ1v) is 7.31. The largest absolute Gasteiger partial charge is 0.508 e. The normalized spacial score (nSPS) is 10.7. The number of carbonyl (C=O) groups is 1. The fourth-order valence-corrected chi connectivity index (χ4v) is 1.97. The average molecular weight is 323 g/mol. The van der Waals surface area contributed by atoms with Crippen LogP contribution in [0, 0.1) is 11.3 Å². The fourth-order valence-electron chi connectivity index (χ4n) is 1.97. The van der Waals surface area contributed by atoms with Crippen LogP contribution in [0.3, 0.4) is 0 Å². The minimum atomic E-state index is -0.601. The quantitative estimate of drug-likeness (QED) is 0.282. The van der Waals surface area contributed by atoms with Gasteiger partial charge in [0, 0.05) is 12.7 Å². The fraction of sp³-hybridized carbons (Fsp3) is 0.111. The van der Waals surface area contributed by atoms with Gasteiger partial charge in [-0.2, -0.15) is 5.26 Å². The summed E-state index contributed by atoms with van der Waals surface area (Å²) >= 11 is 0. The van der Waals surface area contributed by atoms with Crippen LogP contribution in [-0.2, 0) is 11.2 Å². The molecule has 6 nitrogen and oxygen atoms in total. The molecule has 0 bridgehead atoms. The molecule has 2 aromatic rings. The zero-order chi connectivity index (χ0) is 17.4. The first-order valence-electron chi connectivity index (χ1n) is 7.31. The summed E-state index contributed by atoms with van der Waals surface area (Å²) < 4.78 is 0. The molecule has 0 saturated carbocycles. The highest BCUT2D eigenvalue weighted by molar-refractivity contribution is 6.07. The van der Waals surface area contributed by atoms with E-state index in [0.717, 1.165) is 5.56 Å². The first kappa shape index (κ1) is 16.9. The highest BCUT2D eigenvalue weighted by atomic mass is 16.3. The number of para-hydroxylation sites is 2. The summed E-state index contributed by atoms with van der Waals surface area (Å²) in [5, 5.41) is 33.3. The Labute approximate surface area is 139 Å². The highest BCUT2D eigenvalue weighted by Crippen LogP contribution is 2.21. The Balaban J connectivity index is 1.89. The molecule has 0 atom stereocenters. The lowest BCUT2D eigenvalue weighted by Gasteiger charge is -2.07. The molecule has 2 aromatic carbocycles. The Morgan fingerprint density at radius 1 is 1.12 bits per heavy atom. The van der Waals surface area contributed by atoms with Crippen molar-refractivity contribution in [3.05, 3.63) is 65.9 Å². The van der Waals surface area contributed by atoms with Gasteiger partial charge in [0.15, 0.2) is 0 Å². The summed E-state index contributed by atoms with van der Waals surface area (Å²) in [5.41, 5.74) is 1.17. The van der Waals surface area contributed by atoms with E-state index in [1.807, 2.05) is 6.07 Å². The summed E-state index contributed by atoms with van der Waals surface area (Å²) in [6.07, 6.45) is 2.02. The number of rotatable bonds is 6. The molecule has 24 heavy (non-hydrogen) atoms. The maximum absolute atomic E-state index is 12.0. The Kier molecular flexibility index (Phi) is 5.81. The monoisotopic (exact) mass is 323 g/mol. The van der Waals surface area contributed by atoms with Gasteiger partial charge in [-0.05, 0) is 36.2 Å². The lowest BCUT2D eigenvalue weighted by Crippen LogP contribution is -2.18. The maximum atomic E-state index is 12.0. The van der Waals surface area contributed by atoms with E-state index >= 15 is 0 Å². The van der Waals surface area contributed by atoms with Crippen LogP contribution in [0.4, 0.5) is 5.69 Å². The molecule has 2 rings (SSSR count). The van der Waals surface area contributed by atoms with E-state index in [4.69, 9.17) is 5.26 Å². The van der Waals surface area contributed by atoms with Crippen molar-refractivity contribution in [3.63, 3.8) is 0 Å². The van der Waals surface area contributed by atoms with E-state index in [-0.39, 0.29) is 22.8 Å². The van der Waals surface area contributed by atoms with Crippen LogP contribution in [0.5, 0.6) is 11.5 Å². The molecule has 1 amide bonds. The van der Waals surface area contributed by atoms with E-state index < -0.39 is 5.91 Å². The molecule has 0 aliphatic heterocycles. The Morgan fingerprint density at radius 3 is 2.50 bits per heavy atom. The number of phenols is 2. The molecule has 0 saturated heterocycles. The molecular weight excluding hydrogens is 306 g/mol. The van der Waals surface area contributed by atoms with Crippen LogP contribution in [0.2, 0.25) is 0 Å². The molecule has 0 radical (unpaired) electrons. The molecule has 0 aliphatic carbocycles. The molecule has 0 unspecified atom stereocenters. The minimum Gasteiger partial charge on any atom is -0.508 e. The van der Waals surface area contributed by atoms with Gasteiger partial charge in [-0.15, -0.1) is 0 Å². The van der Waals surface area contributed by atoms with Crippen LogP contribution < -0.4 is 10.6 Å². The van der Waals surface area contributed by atoms with Gasteiger partial charge in [0.25, 0.3) is 5.91 Å². The average Bonchev–Trinajstić information content (AvgIpc) is 2.58. The van der Waals surface area contributed by atoms with E-state index in [1.165, 1.54) is 12.3 Å². The van der Waals surface area contributed by atoms with Crippen LogP contribution in [-0.4, -0.2) is 22.7 Å². The molecule has 0 aromatic heterocycles. The van der Waals surface area contributed by atoms with Gasteiger partial charge in [0.1, 0.15) is 23.1 Å². The van der Waals surface area contributed by atoms with E-state index in [0.29, 0.717) is 13.0 Å². The summed E-state index contributed by atoms with van der Waals surface area (Å²) in [5.74, 6) is -0.459. The number of nitriles is 1. The Hall–Kier alpha value is -3.46. The number of aromatic hydroxyl groups is 2. The summed E-state index contributed by atoms with van der Waals surface area (Å²) in [6.45, 7) is 0.528. The molecule has 0 aliphatic rings. The van der Waals surface area contributed by atoms with Crippen LogP contribution in [0.15, 0.2) is 60.3 Å². The minimum absolute atomic E-state index is 0.0663. The summed E-state index contributed by atoms with van der Waals surface area (Å²) in [6, 6.07) is 14.9. The zero-order valence-corrected chi connectivity index (χ0v) is 12.9. The van der Waals surface area contributed by atoms with Crippen molar-refractivity contribution < 1.29 is 15.0 Å². The second kappa shape index (κ2) is 8.25. The zero-order valence-electron chi connectivity index (χ0n) is 12.9. The van der Waals surface area contributed by atoms with Gasteiger partial charge in [-0.1, -0.05) is 24.3 Å². The third-order valence-corrected chi connectivity index (χ3v) is 3.26. The summed E-state index contributed by atoms with van der Waals surface area (Å²) in [4.78, 5) is 12.0. The van der Waals surface area contributed by atoms with Crippen molar-refractivity contribution >= 4 is 11.6 Å². The molecule has 4 N–H and O–H groups in total. The molecular formula is C18H17N3O3. The van der Waals surface area contributed by atoms with Gasteiger partial charge < -0.3 is 20.8 Å². The third kappa shape index (κ3) is 4.78. The van der Waals surface area contributed by atoms with Crippen molar-refractivity contribution in [2.75, 3.05) is 11.9 Å². The molecule has 0 heterocycles. The van der Waals surface area contributed by atoms with Crippen molar-refractivity contribution in [1.82, 2.24) is 5.32 Å². The predicted octanol–water partition coefficient (Wildman–Crippen LogP) is 2.28. The van der Waals surface area contributed by atoms with Crippen molar-refractivity contribution in [2.24, 2.45) is 0 Å². The maximum Gasteiger partial charge on any atom is 0.267 e. The molecule has 6 heteroatoms. The number of hydrogen-bond acceptors (Lipinski definition) is 5. The molecule has 0 spiro atoms. The van der Waals surface area contributed by atoms with Crippen LogP contribution >= 0.6 is 0 Å².